The second-order valence-electron chi connectivity index (χ2n) is 4.79. The van der Waals surface area contributed by atoms with E-state index in [2.05, 4.69) is 55.6 Å². The van der Waals surface area contributed by atoms with Gasteiger partial charge in [-0.25, -0.2) is 0 Å². The summed E-state index contributed by atoms with van der Waals surface area (Å²) in [4.78, 5) is 0. The van der Waals surface area contributed by atoms with Gasteiger partial charge in [0.15, 0.2) is 0 Å². The van der Waals surface area contributed by atoms with Crippen LogP contribution in [0.4, 0.5) is 0 Å². The molecule has 0 unspecified atom stereocenters. The van der Waals surface area contributed by atoms with Gasteiger partial charge in [-0.3, -0.25) is 0 Å². The first kappa shape index (κ1) is 14.1. The van der Waals surface area contributed by atoms with E-state index in [-0.39, 0.29) is 0 Å². The molecule has 0 saturated carbocycles. The third-order valence-electron chi connectivity index (χ3n) is 3.24. The van der Waals surface area contributed by atoms with Gasteiger partial charge in [-0.05, 0) is 54.3 Å². The van der Waals surface area contributed by atoms with E-state index in [1.54, 1.807) is 0 Å². The van der Waals surface area contributed by atoms with Crippen LogP contribution < -0.4 is 5.32 Å². The fraction of sp³-hybridized carbons (Fsp3) is 0.294. The molecule has 100 valence electrons. The Balaban J connectivity index is 2.36. The summed E-state index contributed by atoms with van der Waals surface area (Å²) in [6, 6.07) is 14.6. The van der Waals surface area contributed by atoms with Crippen LogP contribution in [0.1, 0.15) is 24.5 Å². The Hall–Kier alpha value is -1.31. The number of hydrogen-bond acceptors (Lipinski definition) is 1. The Morgan fingerprint density at radius 3 is 2.58 bits per heavy atom. The molecule has 0 bridgehead atoms. The lowest BCUT2D eigenvalue weighted by molar-refractivity contribution is 0.676. The molecular weight excluding hydrogens is 254 g/mol. The minimum atomic E-state index is 0.797. The SMILES string of the molecule is CCCNCc1cc(Cl)ccc1-c1ccccc1C. The van der Waals surface area contributed by atoms with E-state index in [1.165, 1.54) is 22.3 Å². The zero-order valence-electron chi connectivity index (χ0n) is 11.5. The fourth-order valence-electron chi connectivity index (χ4n) is 2.25. The number of aryl methyl sites for hydroxylation is 1. The van der Waals surface area contributed by atoms with Gasteiger partial charge in [0.05, 0.1) is 0 Å². The summed E-state index contributed by atoms with van der Waals surface area (Å²) < 4.78 is 0. The zero-order chi connectivity index (χ0) is 13.7. The van der Waals surface area contributed by atoms with Crippen molar-refractivity contribution in [2.24, 2.45) is 0 Å². The molecule has 0 saturated heterocycles. The molecule has 0 atom stereocenters. The van der Waals surface area contributed by atoms with E-state index in [1.807, 2.05) is 6.07 Å². The number of nitrogens with one attached hydrogen (secondary N) is 1. The van der Waals surface area contributed by atoms with Crippen molar-refractivity contribution >= 4 is 11.6 Å². The smallest absolute Gasteiger partial charge is 0.0409 e. The molecule has 0 aliphatic heterocycles. The van der Waals surface area contributed by atoms with Crippen LogP contribution in [0, 0.1) is 6.92 Å². The van der Waals surface area contributed by atoms with Crippen LogP contribution in [-0.4, -0.2) is 6.54 Å². The van der Waals surface area contributed by atoms with Gasteiger partial charge in [0, 0.05) is 11.6 Å². The van der Waals surface area contributed by atoms with Gasteiger partial charge < -0.3 is 5.32 Å². The third-order valence-corrected chi connectivity index (χ3v) is 3.48. The maximum absolute atomic E-state index is 6.13. The van der Waals surface area contributed by atoms with Crippen LogP contribution in [0.5, 0.6) is 0 Å². The Bertz CT molecular complexity index is 549. The maximum atomic E-state index is 6.13. The van der Waals surface area contributed by atoms with E-state index in [4.69, 9.17) is 11.6 Å². The van der Waals surface area contributed by atoms with Crippen molar-refractivity contribution in [3.8, 4) is 11.1 Å². The lowest BCUT2D eigenvalue weighted by Gasteiger charge is -2.13. The molecule has 1 nitrogen and oxygen atoms in total. The molecule has 2 aromatic rings. The maximum Gasteiger partial charge on any atom is 0.0409 e. The van der Waals surface area contributed by atoms with Gasteiger partial charge in [-0.1, -0.05) is 48.9 Å². The summed E-state index contributed by atoms with van der Waals surface area (Å²) in [5.74, 6) is 0. The van der Waals surface area contributed by atoms with Crippen molar-refractivity contribution in [3.63, 3.8) is 0 Å². The molecule has 0 spiro atoms. The van der Waals surface area contributed by atoms with Crippen molar-refractivity contribution in [2.75, 3.05) is 6.54 Å². The average Bonchev–Trinajstić information content (AvgIpc) is 2.40. The van der Waals surface area contributed by atoms with Crippen molar-refractivity contribution in [3.05, 3.63) is 58.6 Å². The van der Waals surface area contributed by atoms with Gasteiger partial charge in [0.2, 0.25) is 0 Å². The van der Waals surface area contributed by atoms with Gasteiger partial charge in [0.25, 0.3) is 0 Å². The highest BCUT2D eigenvalue weighted by molar-refractivity contribution is 6.30. The van der Waals surface area contributed by atoms with Gasteiger partial charge in [0.1, 0.15) is 0 Å². The highest BCUT2D eigenvalue weighted by Crippen LogP contribution is 2.28. The molecule has 19 heavy (non-hydrogen) atoms. The van der Waals surface area contributed by atoms with E-state index >= 15 is 0 Å². The molecule has 2 heteroatoms. The van der Waals surface area contributed by atoms with Crippen molar-refractivity contribution < 1.29 is 0 Å². The van der Waals surface area contributed by atoms with Gasteiger partial charge in [-0.2, -0.15) is 0 Å². The number of rotatable bonds is 5. The van der Waals surface area contributed by atoms with E-state index < -0.39 is 0 Å². The summed E-state index contributed by atoms with van der Waals surface area (Å²) in [5.41, 5.74) is 5.11. The molecule has 0 aliphatic rings. The highest BCUT2D eigenvalue weighted by Gasteiger charge is 2.07. The van der Waals surface area contributed by atoms with Crippen LogP contribution in [0.25, 0.3) is 11.1 Å². The van der Waals surface area contributed by atoms with Gasteiger partial charge in [-0.15, -0.1) is 0 Å². The van der Waals surface area contributed by atoms with Crippen LogP contribution >= 0.6 is 11.6 Å². The molecule has 0 aliphatic carbocycles. The second kappa shape index (κ2) is 6.74. The molecule has 0 amide bonds. The van der Waals surface area contributed by atoms with E-state index in [0.29, 0.717) is 0 Å². The van der Waals surface area contributed by atoms with Crippen LogP contribution in [0.15, 0.2) is 42.5 Å². The van der Waals surface area contributed by atoms with Crippen LogP contribution in [0.2, 0.25) is 5.02 Å². The average molecular weight is 274 g/mol. The van der Waals surface area contributed by atoms with Gasteiger partial charge >= 0.3 is 0 Å². The second-order valence-corrected chi connectivity index (χ2v) is 5.23. The lowest BCUT2D eigenvalue weighted by Crippen LogP contribution is -2.14. The summed E-state index contributed by atoms with van der Waals surface area (Å²) in [6.45, 7) is 6.21. The van der Waals surface area contributed by atoms with Crippen molar-refractivity contribution in [1.29, 1.82) is 0 Å². The first-order chi connectivity index (χ1) is 9.22. The highest BCUT2D eigenvalue weighted by atomic mass is 35.5. The quantitative estimate of drug-likeness (QED) is 0.771. The topological polar surface area (TPSA) is 12.0 Å². The normalized spacial score (nSPS) is 10.7. The standard InChI is InChI=1S/C17H20ClN/c1-3-10-19-12-14-11-15(18)8-9-17(14)16-7-5-4-6-13(16)2/h4-9,11,19H,3,10,12H2,1-2H3. The molecule has 1 N–H and O–H groups in total. The molecule has 2 aromatic carbocycles. The fourth-order valence-corrected chi connectivity index (χ4v) is 2.44. The minimum absolute atomic E-state index is 0.797. The van der Waals surface area contributed by atoms with Crippen molar-refractivity contribution in [1.82, 2.24) is 5.32 Å². The first-order valence-electron chi connectivity index (χ1n) is 6.77. The molecule has 2 rings (SSSR count). The molecule has 0 aromatic heterocycles. The summed E-state index contributed by atoms with van der Waals surface area (Å²) in [7, 11) is 0. The predicted molar refractivity (Wildman–Crippen MR) is 83.6 cm³/mol. The molecule has 0 fully saturated rings. The largest absolute Gasteiger partial charge is 0.313 e. The van der Waals surface area contributed by atoms with Crippen LogP contribution in [-0.2, 0) is 6.54 Å². The summed E-state index contributed by atoms with van der Waals surface area (Å²) >= 11 is 6.13. The van der Waals surface area contributed by atoms with Crippen LogP contribution in [0.3, 0.4) is 0 Å². The molecule has 0 heterocycles. The Labute approximate surface area is 120 Å². The summed E-state index contributed by atoms with van der Waals surface area (Å²) in [6.07, 6.45) is 1.14. The minimum Gasteiger partial charge on any atom is -0.313 e. The number of benzene rings is 2. The number of hydrogen-bond donors (Lipinski definition) is 1. The monoisotopic (exact) mass is 273 g/mol. The first-order valence-corrected chi connectivity index (χ1v) is 7.15. The third kappa shape index (κ3) is 3.59. The van der Waals surface area contributed by atoms with E-state index in [0.717, 1.165) is 24.5 Å². The Morgan fingerprint density at radius 2 is 1.84 bits per heavy atom. The summed E-state index contributed by atoms with van der Waals surface area (Å²) in [5, 5.41) is 4.25. The van der Waals surface area contributed by atoms with Crippen molar-refractivity contribution in [2.45, 2.75) is 26.8 Å². The lowest BCUT2D eigenvalue weighted by atomic mass is 9.96. The zero-order valence-corrected chi connectivity index (χ0v) is 12.3. The Kier molecular flexibility index (Phi) is 5.00. The molecular formula is C17H20ClN. The van der Waals surface area contributed by atoms with E-state index in [9.17, 15) is 0 Å². The Morgan fingerprint density at radius 1 is 1.05 bits per heavy atom. The predicted octanol–water partition coefficient (Wildman–Crippen LogP) is 4.82. The number of halogens is 1. The molecule has 0 radical (unpaired) electrons.